The van der Waals surface area contributed by atoms with Crippen LogP contribution in [0.15, 0.2) is 43.0 Å². The Labute approximate surface area is 148 Å². The van der Waals surface area contributed by atoms with Gasteiger partial charge >= 0.3 is 5.97 Å². The average molecular weight is 355 g/mol. The molecular weight excluding hydrogens is 338 g/mol. The Morgan fingerprint density at radius 2 is 2.12 bits per heavy atom. The van der Waals surface area contributed by atoms with Crippen LogP contribution in [0, 0.1) is 0 Å². The molecule has 0 radical (unpaired) electrons. The van der Waals surface area contributed by atoms with Crippen molar-refractivity contribution in [3.63, 3.8) is 0 Å². The number of nitrogens with zero attached hydrogens (tertiary/aromatic N) is 4. The van der Waals surface area contributed by atoms with Gasteiger partial charge in [-0.3, -0.25) is 0 Å². The summed E-state index contributed by atoms with van der Waals surface area (Å²) in [6, 6.07) is 8.78. The predicted molar refractivity (Wildman–Crippen MR) is 91.1 cm³/mol. The number of hydrogen-bond donors (Lipinski definition) is 1. The first-order valence-electron chi connectivity index (χ1n) is 8.11. The van der Waals surface area contributed by atoms with Crippen LogP contribution in [-0.4, -0.2) is 51.1 Å². The molecule has 0 bridgehead atoms. The van der Waals surface area contributed by atoms with E-state index in [1.165, 1.54) is 6.33 Å². The molecule has 2 aromatic heterocycles. The minimum Gasteiger partial charge on any atom is -0.457 e. The molecule has 1 aliphatic heterocycles. The van der Waals surface area contributed by atoms with Crippen molar-refractivity contribution in [3.8, 4) is 0 Å². The minimum atomic E-state index is -0.595. The molecule has 3 heterocycles. The fraction of sp³-hybridized carbons (Fsp3) is 0.294. The standard InChI is InChI=1S/C17H17N5O4/c18-15-14-16(20-9-19-15)22(10-21-14)6-12-7-24-13(26-12)8-25-17(23)11-4-2-1-3-5-11/h1-5,9-10,12-13H,6-8H2,(H2,18,19,20)/t12-,13-/m1/s1. The Morgan fingerprint density at radius 1 is 1.27 bits per heavy atom. The van der Waals surface area contributed by atoms with Gasteiger partial charge in [0.05, 0.1) is 25.0 Å². The van der Waals surface area contributed by atoms with E-state index in [1.54, 1.807) is 30.6 Å². The summed E-state index contributed by atoms with van der Waals surface area (Å²) in [6.07, 6.45) is 2.24. The van der Waals surface area contributed by atoms with E-state index >= 15 is 0 Å². The minimum absolute atomic E-state index is 0.0318. The van der Waals surface area contributed by atoms with Gasteiger partial charge in [0.25, 0.3) is 0 Å². The molecule has 0 aliphatic carbocycles. The number of aromatic nitrogens is 4. The second kappa shape index (κ2) is 7.06. The van der Waals surface area contributed by atoms with Gasteiger partial charge in [0.2, 0.25) is 0 Å². The Bertz CT molecular complexity index is 914. The van der Waals surface area contributed by atoms with Crippen molar-refractivity contribution in [2.24, 2.45) is 0 Å². The van der Waals surface area contributed by atoms with Crippen LogP contribution >= 0.6 is 0 Å². The first kappa shape index (κ1) is 16.4. The summed E-state index contributed by atoms with van der Waals surface area (Å²) in [5.41, 5.74) is 7.47. The number of esters is 1. The van der Waals surface area contributed by atoms with E-state index in [-0.39, 0.29) is 12.7 Å². The van der Waals surface area contributed by atoms with Crippen LogP contribution < -0.4 is 5.73 Å². The lowest BCUT2D eigenvalue weighted by atomic mass is 10.2. The number of hydrogen-bond acceptors (Lipinski definition) is 8. The van der Waals surface area contributed by atoms with Gasteiger partial charge < -0.3 is 24.5 Å². The molecule has 26 heavy (non-hydrogen) atoms. The third kappa shape index (κ3) is 3.35. The number of ether oxygens (including phenoxy) is 3. The van der Waals surface area contributed by atoms with Crippen molar-refractivity contribution in [2.45, 2.75) is 18.9 Å². The fourth-order valence-electron chi connectivity index (χ4n) is 2.74. The Morgan fingerprint density at radius 3 is 2.96 bits per heavy atom. The second-order valence-corrected chi connectivity index (χ2v) is 5.81. The Balaban J connectivity index is 1.32. The van der Waals surface area contributed by atoms with Gasteiger partial charge in [0.1, 0.15) is 24.6 Å². The number of rotatable bonds is 5. The zero-order valence-corrected chi connectivity index (χ0v) is 13.8. The topological polar surface area (TPSA) is 114 Å². The largest absolute Gasteiger partial charge is 0.457 e. The van der Waals surface area contributed by atoms with E-state index in [0.717, 1.165) is 0 Å². The predicted octanol–water partition coefficient (Wildman–Crippen LogP) is 1.01. The molecule has 1 aliphatic rings. The Hall–Kier alpha value is -3.04. The molecule has 1 saturated heterocycles. The van der Waals surface area contributed by atoms with Crippen molar-refractivity contribution in [2.75, 3.05) is 18.9 Å². The molecule has 9 nitrogen and oxygen atoms in total. The quantitative estimate of drug-likeness (QED) is 0.674. The molecule has 0 amide bonds. The van der Waals surface area contributed by atoms with Gasteiger partial charge in [0.15, 0.2) is 17.8 Å². The number of benzene rings is 1. The molecule has 134 valence electrons. The third-order valence-corrected chi connectivity index (χ3v) is 4.00. The highest BCUT2D eigenvalue weighted by molar-refractivity contribution is 5.89. The zero-order valence-electron chi connectivity index (χ0n) is 13.8. The van der Waals surface area contributed by atoms with Gasteiger partial charge in [-0.25, -0.2) is 19.7 Å². The molecule has 2 atom stereocenters. The van der Waals surface area contributed by atoms with Crippen molar-refractivity contribution in [3.05, 3.63) is 48.5 Å². The van der Waals surface area contributed by atoms with Crippen LogP contribution in [0.4, 0.5) is 5.82 Å². The van der Waals surface area contributed by atoms with Crippen LogP contribution in [0.1, 0.15) is 10.4 Å². The number of imidazole rings is 1. The first-order chi connectivity index (χ1) is 12.7. The summed E-state index contributed by atoms with van der Waals surface area (Å²) in [6.45, 7) is 0.911. The van der Waals surface area contributed by atoms with Crippen molar-refractivity contribution in [1.29, 1.82) is 0 Å². The highest BCUT2D eigenvalue weighted by atomic mass is 16.7. The van der Waals surface area contributed by atoms with Crippen molar-refractivity contribution < 1.29 is 19.0 Å². The molecule has 4 rings (SSSR count). The molecule has 0 saturated carbocycles. The maximum Gasteiger partial charge on any atom is 0.338 e. The number of fused-ring (bicyclic) bond motifs is 1. The summed E-state index contributed by atoms with van der Waals surface area (Å²) in [7, 11) is 0. The van der Waals surface area contributed by atoms with E-state index in [4.69, 9.17) is 19.9 Å². The summed E-state index contributed by atoms with van der Waals surface area (Å²) in [4.78, 5) is 24.3. The molecule has 9 heteroatoms. The lowest BCUT2D eigenvalue weighted by Gasteiger charge is -2.12. The maximum atomic E-state index is 11.9. The zero-order chi connectivity index (χ0) is 17.9. The first-order valence-corrected chi connectivity index (χ1v) is 8.11. The smallest absolute Gasteiger partial charge is 0.338 e. The molecular formula is C17H17N5O4. The van der Waals surface area contributed by atoms with Crippen LogP contribution in [-0.2, 0) is 20.8 Å². The summed E-state index contributed by atoms with van der Waals surface area (Å²) in [5.74, 6) is -0.0722. The Kier molecular flexibility index (Phi) is 4.46. The monoisotopic (exact) mass is 355 g/mol. The molecule has 0 unspecified atom stereocenters. The fourth-order valence-corrected chi connectivity index (χ4v) is 2.74. The number of carbonyl (C=O) groups excluding carboxylic acids is 1. The molecule has 1 aromatic carbocycles. The average Bonchev–Trinajstić information content (AvgIpc) is 3.29. The van der Waals surface area contributed by atoms with Crippen LogP contribution in [0.2, 0.25) is 0 Å². The molecule has 1 fully saturated rings. The SMILES string of the molecule is Nc1ncnc2c1ncn2C[C@@H]1CO[C@@H](COC(=O)c2ccccc2)O1. The molecule has 0 spiro atoms. The second-order valence-electron chi connectivity index (χ2n) is 5.81. The number of nitrogens with two attached hydrogens (primary N) is 1. The van der Waals surface area contributed by atoms with Gasteiger partial charge in [-0.05, 0) is 12.1 Å². The van der Waals surface area contributed by atoms with E-state index in [9.17, 15) is 4.79 Å². The molecule has 2 N–H and O–H groups in total. The van der Waals surface area contributed by atoms with Gasteiger partial charge in [-0.1, -0.05) is 18.2 Å². The molecule has 3 aromatic rings. The number of nitrogen functional groups attached to an aromatic ring is 1. The van der Waals surface area contributed by atoms with Crippen LogP contribution in [0.5, 0.6) is 0 Å². The summed E-state index contributed by atoms with van der Waals surface area (Å²) < 4.78 is 18.4. The number of carbonyl (C=O) groups is 1. The van der Waals surface area contributed by atoms with E-state index in [0.29, 0.717) is 35.7 Å². The van der Waals surface area contributed by atoms with Crippen molar-refractivity contribution >= 4 is 23.0 Å². The van der Waals surface area contributed by atoms with Crippen molar-refractivity contribution in [1.82, 2.24) is 19.5 Å². The van der Waals surface area contributed by atoms with E-state index < -0.39 is 12.3 Å². The van der Waals surface area contributed by atoms with Crippen LogP contribution in [0.3, 0.4) is 0 Å². The normalized spacial score (nSPS) is 19.7. The van der Waals surface area contributed by atoms with Gasteiger partial charge in [0, 0.05) is 0 Å². The lowest BCUT2D eigenvalue weighted by molar-refractivity contribution is -0.0939. The van der Waals surface area contributed by atoms with Gasteiger partial charge in [-0.15, -0.1) is 0 Å². The summed E-state index contributed by atoms with van der Waals surface area (Å²) in [5, 5.41) is 0. The summed E-state index contributed by atoms with van der Waals surface area (Å²) >= 11 is 0. The number of anilines is 1. The van der Waals surface area contributed by atoms with E-state index in [1.807, 2.05) is 10.6 Å². The third-order valence-electron chi connectivity index (χ3n) is 4.00. The highest BCUT2D eigenvalue weighted by Gasteiger charge is 2.28. The van der Waals surface area contributed by atoms with Crippen LogP contribution in [0.25, 0.3) is 11.2 Å². The maximum absolute atomic E-state index is 11.9. The van der Waals surface area contributed by atoms with Gasteiger partial charge in [-0.2, -0.15) is 0 Å². The lowest BCUT2D eigenvalue weighted by Crippen LogP contribution is -2.22. The van der Waals surface area contributed by atoms with E-state index in [2.05, 4.69) is 15.0 Å². The highest BCUT2D eigenvalue weighted by Crippen LogP contribution is 2.18.